The predicted octanol–water partition coefficient (Wildman–Crippen LogP) is 2.72. The molecule has 0 saturated heterocycles. The fourth-order valence-corrected chi connectivity index (χ4v) is 2.49. The zero-order valence-electron chi connectivity index (χ0n) is 9.23. The van der Waals surface area contributed by atoms with Gasteiger partial charge in [-0.1, -0.05) is 19.8 Å². The first-order valence-electron chi connectivity index (χ1n) is 5.60. The Balaban J connectivity index is 2.17. The monoisotopic (exact) mass is 228 g/mol. The van der Waals surface area contributed by atoms with Crippen LogP contribution in [0.3, 0.4) is 0 Å². The molecular weight excluding hydrogens is 212 g/mol. The molecule has 0 aliphatic heterocycles. The highest BCUT2D eigenvalue weighted by atomic mass is 35.5. The lowest BCUT2D eigenvalue weighted by atomic mass is 9.87. The Bertz CT molecular complexity index is 323. The number of halogens is 1. The summed E-state index contributed by atoms with van der Waals surface area (Å²) in [5, 5.41) is 11.7. The number of nitrogens with zero attached hydrogens (tertiary/aromatic N) is 4. The van der Waals surface area contributed by atoms with Gasteiger partial charge in [-0.25, -0.2) is 4.68 Å². The molecule has 1 aromatic rings. The third kappa shape index (κ3) is 2.30. The topological polar surface area (TPSA) is 43.6 Å². The second-order valence-corrected chi connectivity index (χ2v) is 5.18. The second kappa shape index (κ2) is 4.47. The lowest BCUT2D eigenvalue weighted by Crippen LogP contribution is -2.21. The van der Waals surface area contributed by atoms with E-state index in [2.05, 4.69) is 22.4 Å². The van der Waals surface area contributed by atoms with Crippen molar-refractivity contribution in [3.63, 3.8) is 0 Å². The zero-order chi connectivity index (χ0) is 10.8. The number of alkyl halides is 1. The van der Waals surface area contributed by atoms with Crippen LogP contribution in [-0.2, 0) is 0 Å². The summed E-state index contributed by atoms with van der Waals surface area (Å²) in [7, 11) is 0. The highest BCUT2D eigenvalue weighted by molar-refractivity contribution is 6.20. The summed E-state index contributed by atoms with van der Waals surface area (Å²) < 4.78 is 1.92. The third-order valence-corrected chi connectivity index (χ3v) is 3.32. The number of tetrazole rings is 1. The smallest absolute Gasteiger partial charge is 0.169 e. The first-order valence-corrected chi connectivity index (χ1v) is 6.04. The third-order valence-electron chi connectivity index (χ3n) is 3.13. The summed E-state index contributed by atoms with van der Waals surface area (Å²) in [5.74, 6) is 1.57. The van der Waals surface area contributed by atoms with Crippen molar-refractivity contribution in [2.75, 3.05) is 0 Å². The van der Waals surface area contributed by atoms with Crippen molar-refractivity contribution in [1.29, 1.82) is 0 Å². The van der Waals surface area contributed by atoms with Gasteiger partial charge >= 0.3 is 0 Å². The van der Waals surface area contributed by atoms with Crippen LogP contribution in [0.4, 0.5) is 0 Å². The summed E-state index contributed by atoms with van der Waals surface area (Å²) in [6.07, 6.45) is 4.93. The maximum absolute atomic E-state index is 6.04. The van der Waals surface area contributed by atoms with E-state index in [9.17, 15) is 0 Å². The Morgan fingerprint density at radius 3 is 2.93 bits per heavy atom. The largest absolute Gasteiger partial charge is 0.225 e. The van der Waals surface area contributed by atoms with Crippen LogP contribution in [0.25, 0.3) is 0 Å². The molecule has 2 rings (SSSR count). The quantitative estimate of drug-likeness (QED) is 0.731. The molecule has 0 bridgehead atoms. The fourth-order valence-electron chi connectivity index (χ4n) is 2.35. The van der Waals surface area contributed by atoms with Crippen LogP contribution in [0, 0.1) is 5.92 Å². The summed E-state index contributed by atoms with van der Waals surface area (Å²) >= 11 is 6.04. The maximum Gasteiger partial charge on any atom is 0.169 e. The van der Waals surface area contributed by atoms with Gasteiger partial charge in [-0.15, -0.1) is 16.7 Å². The van der Waals surface area contributed by atoms with Crippen LogP contribution in [-0.4, -0.2) is 20.2 Å². The van der Waals surface area contributed by atoms with Crippen LogP contribution >= 0.6 is 11.6 Å². The van der Waals surface area contributed by atoms with E-state index in [0.29, 0.717) is 6.04 Å². The van der Waals surface area contributed by atoms with E-state index in [1.807, 2.05) is 11.6 Å². The van der Waals surface area contributed by atoms with Gasteiger partial charge in [-0.2, -0.15) is 0 Å². The van der Waals surface area contributed by atoms with Crippen molar-refractivity contribution >= 4 is 11.6 Å². The van der Waals surface area contributed by atoms with Gasteiger partial charge < -0.3 is 0 Å². The van der Waals surface area contributed by atoms with Gasteiger partial charge in [-0.3, -0.25) is 0 Å². The standard InChI is InChI=1S/C10H17ClN4/c1-7-4-3-5-9(6-7)15-10(8(2)11)12-13-14-15/h7-9H,3-6H2,1-2H3. The van der Waals surface area contributed by atoms with E-state index in [4.69, 9.17) is 11.6 Å². The first-order chi connectivity index (χ1) is 7.18. The van der Waals surface area contributed by atoms with Gasteiger partial charge in [0, 0.05) is 0 Å². The predicted molar refractivity (Wildman–Crippen MR) is 58.8 cm³/mol. The molecule has 0 radical (unpaired) electrons. The molecule has 84 valence electrons. The SMILES string of the molecule is CC1CCCC(n2nnnc2C(C)Cl)C1. The minimum Gasteiger partial charge on any atom is -0.225 e. The van der Waals surface area contributed by atoms with Crippen molar-refractivity contribution in [3.05, 3.63) is 5.82 Å². The molecule has 1 aromatic heterocycles. The summed E-state index contributed by atoms with van der Waals surface area (Å²) in [5.41, 5.74) is 0. The Morgan fingerprint density at radius 1 is 1.47 bits per heavy atom. The van der Waals surface area contributed by atoms with Crippen LogP contribution in [0.15, 0.2) is 0 Å². The molecular formula is C10H17ClN4. The number of aromatic nitrogens is 4. The first kappa shape index (κ1) is 10.9. The molecule has 1 aliphatic carbocycles. The lowest BCUT2D eigenvalue weighted by molar-refractivity contribution is 0.258. The van der Waals surface area contributed by atoms with E-state index in [1.54, 1.807) is 0 Å². The van der Waals surface area contributed by atoms with Crippen molar-refractivity contribution in [3.8, 4) is 0 Å². The van der Waals surface area contributed by atoms with Gasteiger partial charge in [0.15, 0.2) is 5.82 Å². The lowest BCUT2D eigenvalue weighted by Gasteiger charge is -2.27. The normalized spacial score (nSPS) is 29.0. The molecule has 1 saturated carbocycles. The van der Waals surface area contributed by atoms with Crippen molar-refractivity contribution in [2.24, 2.45) is 5.92 Å². The van der Waals surface area contributed by atoms with E-state index in [-0.39, 0.29) is 5.38 Å². The molecule has 1 aliphatic rings. The molecule has 5 heteroatoms. The van der Waals surface area contributed by atoms with E-state index < -0.39 is 0 Å². The van der Waals surface area contributed by atoms with Crippen molar-refractivity contribution in [2.45, 2.75) is 50.9 Å². The van der Waals surface area contributed by atoms with E-state index in [0.717, 1.165) is 11.7 Å². The van der Waals surface area contributed by atoms with Gasteiger partial charge in [0.05, 0.1) is 11.4 Å². The van der Waals surface area contributed by atoms with E-state index >= 15 is 0 Å². The van der Waals surface area contributed by atoms with Crippen LogP contribution in [0.1, 0.15) is 56.8 Å². The Morgan fingerprint density at radius 2 is 2.27 bits per heavy atom. The molecule has 3 atom stereocenters. The van der Waals surface area contributed by atoms with Crippen molar-refractivity contribution in [1.82, 2.24) is 20.2 Å². The molecule has 0 spiro atoms. The Labute approximate surface area is 95.0 Å². The summed E-state index contributed by atoms with van der Waals surface area (Å²) in [6, 6.07) is 0.444. The highest BCUT2D eigenvalue weighted by Crippen LogP contribution is 2.33. The van der Waals surface area contributed by atoms with Gasteiger partial charge in [0.25, 0.3) is 0 Å². The second-order valence-electron chi connectivity index (χ2n) is 4.52. The summed E-state index contributed by atoms with van der Waals surface area (Å²) in [6.45, 7) is 4.20. The fraction of sp³-hybridized carbons (Fsp3) is 0.900. The minimum atomic E-state index is -0.114. The average molecular weight is 229 g/mol. The maximum atomic E-state index is 6.04. The molecule has 0 aromatic carbocycles. The van der Waals surface area contributed by atoms with Crippen LogP contribution < -0.4 is 0 Å². The minimum absolute atomic E-state index is 0.114. The molecule has 0 amide bonds. The van der Waals surface area contributed by atoms with Gasteiger partial charge in [0.1, 0.15) is 0 Å². The molecule has 15 heavy (non-hydrogen) atoms. The molecule has 0 N–H and O–H groups in total. The molecule has 1 fully saturated rings. The highest BCUT2D eigenvalue weighted by Gasteiger charge is 2.24. The van der Waals surface area contributed by atoms with E-state index in [1.165, 1.54) is 25.7 Å². The van der Waals surface area contributed by atoms with Crippen molar-refractivity contribution < 1.29 is 0 Å². The van der Waals surface area contributed by atoms with Crippen LogP contribution in [0.2, 0.25) is 0 Å². The molecule has 1 heterocycles. The average Bonchev–Trinajstić information content (AvgIpc) is 2.65. The number of hydrogen-bond acceptors (Lipinski definition) is 3. The number of rotatable bonds is 2. The van der Waals surface area contributed by atoms with Gasteiger partial charge in [-0.05, 0) is 36.1 Å². The summed E-state index contributed by atoms with van der Waals surface area (Å²) in [4.78, 5) is 0. The van der Waals surface area contributed by atoms with Crippen LogP contribution in [0.5, 0.6) is 0 Å². The Hall–Kier alpha value is -0.640. The molecule has 4 nitrogen and oxygen atoms in total. The zero-order valence-corrected chi connectivity index (χ0v) is 9.98. The number of hydrogen-bond donors (Lipinski definition) is 0. The molecule has 3 unspecified atom stereocenters. The van der Waals surface area contributed by atoms with Gasteiger partial charge in [0.2, 0.25) is 0 Å². The Kier molecular flexibility index (Phi) is 3.24.